The lowest BCUT2D eigenvalue weighted by atomic mass is 9.89. The molecule has 0 aromatic heterocycles. The average Bonchev–Trinajstić information content (AvgIpc) is 2.26. The topological polar surface area (TPSA) is 32.3 Å². The second-order valence-corrected chi connectivity index (χ2v) is 4.29. The van der Waals surface area contributed by atoms with Crippen LogP contribution >= 0.6 is 0 Å². The highest BCUT2D eigenvalue weighted by atomic mass is 19.1. The molecule has 0 spiro atoms. The molecule has 0 bridgehead atoms. The molecular formula is C12H15FN2O. The first kappa shape index (κ1) is 11.1. The monoisotopic (exact) mass is 222 g/mol. The molecule has 3 nitrogen and oxygen atoms in total. The van der Waals surface area contributed by atoms with Gasteiger partial charge in [0, 0.05) is 20.1 Å². The number of nitrogens with zero attached hydrogens (tertiary/aromatic N) is 1. The summed E-state index contributed by atoms with van der Waals surface area (Å²) in [5.74, 6) is -0.342. The highest BCUT2D eigenvalue weighted by Gasteiger charge is 2.39. The van der Waals surface area contributed by atoms with Crippen LogP contribution in [0.25, 0.3) is 0 Å². The molecule has 16 heavy (non-hydrogen) atoms. The van der Waals surface area contributed by atoms with E-state index in [9.17, 15) is 9.18 Å². The first-order valence-corrected chi connectivity index (χ1v) is 5.31. The summed E-state index contributed by atoms with van der Waals surface area (Å²) in [7, 11) is 1.76. The van der Waals surface area contributed by atoms with Gasteiger partial charge in [-0.3, -0.25) is 10.1 Å². The minimum Gasteiger partial charge on any atom is -0.343 e. The van der Waals surface area contributed by atoms with Crippen molar-refractivity contribution in [2.24, 2.45) is 0 Å². The van der Waals surface area contributed by atoms with Crippen molar-refractivity contribution in [3.05, 3.63) is 35.6 Å². The molecule has 1 fully saturated rings. The molecule has 1 aromatic carbocycles. The minimum atomic E-state index is -0.810. The fourth-order valence-corrected chi connectivity index (χ4v) is 2.06. The molecule has 1 aliphatic heterocycles. The molecule has 1 unspecified atom stereocenters. The molecule has 1 saturated heterocycles. The van der Waals surface area contributed by atoms with Crippen LogP contribution in [0, 0.1) is 5.82 Å². The van der Waals surface area contributed by atoms with Crippen LogP contribution in [0.4, 0.5) is 4.39 Å². The van der Waals surface area contributed by atoms with Gasteiger partial charge in [0.15, 0.2) is 0 Å². The van der Waals surface area contributed by atoms with Gasteiger partial charge in [0.25, 0.3) is 0 Å². The van der Waals surface area contributed by atoms with E-state index in [0.29, 0.717) is 12.1 Å². The molecule has 1 aliphatic rings. The van der Waals surface area contributed by atoms with Gasteiger partial charge in [-0.15, -0.1) is 0 Å². The summed E-state index contributed by atoms with van der Waals surface area (Å²) in [4.78, 5) is 13.8. The molecule has 0 saturated carbocycles. The number of hydrogen-bond donors (Lipinski definition) is 1. The largest absolute Gasteiger partial charge is 0.343 e. The lowest BCUT2D eigenvalue weighted by Crippen LogP contribution is -2.59. The molecule has 0 aliphatic carbocycles. The summed E-state index contributed by atoms with van der Waals surface area (Å²) in [5.41, 5.74) is -0.140. The Labute approximate surface area is 94.3 Å². The summed E-state index contributed by atoms with van der Waals surface area (Å²) in [6, 6.07) is 6.18. The number of rotatable bonds is 1. The van der Waals surface area contributed by atoms with Crippen molar-refractivity contribution in [3.8, 4) is 0 Å². The third kappa shape index (κ3) is 1.69. The van der Waals surface area contributed by atoms with Crippen LogP contribution in [-0.2, 0) is 10.3 Å². The summed E-state index contributed by atoms with van der Waals surface area (Å²) < 4.78 is 13.2. The molecule has 0 radical (unpaired) electrons. The zero-order valence-electron chi connectivity index (χ0n) is 9.46. The molecule has 86 valence electrons. The molecule has 1 heterocycles. The lowest BCUT2D eigenvalue weighted by molar-refractivity contribution is -0.139. The van der Waals surface area contributed by atoms with Crippen LogP contribution in [0.5, 0.6) is 0 Å². The van der Waals surface area contributed by atoms with E-state index in [1.807, 2.05) is 0 Å². The predicted molar refractivity (Wildman–Crippen MR) is 59.4 cm³/mol. The van der Waals surface area contributed by atoms with Crippen molar-refractivity contribution >= 4 is 5.91 Å². The maximum absolute atomic E-state index is 13.2. The van der Waals surface area contributed by atoms with Crippen molar-refractivity contribution in [1.82, 2.24) is 10.2 Å². The van der Waals surface area contributed by atoms with Crippen molar-refractivity contribution < 1.29 is 9.18 Å². The second kappa shape index (κ2) is 3.87. The van der Waals surface area contributed by atoms with Crippen molar-refractivity contribution in [2.75, 3.05) is 20.1 Å². The number of piperazine rings is 1. The van der Waals surface area contributed by atoms with Crippen LogP contribution in [0.2, 0.25) is 0 Å². The summed E-state index contributed by atoms with van der Waals surface area (Å²) in [6.45, 7) is 3.19. The summed E-state index contributed by atoms with van der Waals surface area (Å²) in [6.07, 6.45) is 0. The van der Waals surface area contributed by atoms with Gasteiger partial charge < -0.3 is 4.90 Å². The minimum absolute atomic E-state index is 0.0237. The van der Waals surface area contributed by atoms with Gasteiger partial charge in [-0.1, -0.05) is 12.1 Å². The van der Waals surface area contributed by atoms with Gasteiger partial charge in [0.05, 0.1) is 0 Å². The number of benzene rings is 1. The van der Waals surface area contributed by atoms with Crippen LogP contribution in [0.15, 0.2) is 24.3 Å². The zero-order chi connectivity index (χ0) is 11.8. The van der Waals surface area contributed by atoms with E-state index in [0.717, 1.165) is 6.54 Å². The molecule has 2 rings (SSSR count). The van der Waals surface area contributed by atoms with Crippen molar-refractivity contribution in [2.45, 2.75) is 12.5 Å². The standard InChI is InChI=1S/C12H15FN2O/c1-12(9-4-3-5-10(13)8-9)11(16)15(2)7-6-14-12/h3-5,8,14H,6-7H2,1-2H3. The first-order chi connectivity index (χ1) is 7.54. The fraction of sp³-hybridized carbons (Fsp3) is 0.417. The van der Waals surface area contributed by atoms with Crippen LogP contribution < -0.4 is 5.32 Å². The molecule has 1 aromatic rings. The SMILES string of the molecule is CN1CCNC(C)(c2cccc(F)c2)C1=O. The van der Waals surface area contributed by atoms with Gasteiger partial charge in [-0.25, -0.2) is 4.39 Å². The average molecular weight is 222 g/mol. The Morgan fingerprint density at radius 1 is 1.50 bits per heavy atom. The zero-order valence-corrected chi connectivity index (χ0v) is 9.46. The molecular weight excluding hydrogens is 207 g/mol. The van der Waals surface area contributed by atoms with E-state index >= 15 is 0 Å². The Morgan fingerprint density at radius 2 is 2.25 bits per heavy atom. The van der Waals surface area contributed by atoms with Gasteiger partial charge in [-0.2, -0.15) is 0 Å². The number of halogens is 1. The number of carbonyl (C=O) groups is 1. The smallest absolute Gasteiger partial charge is 0.246 e. The van der Waals surface area contributed by atoms with Crippen LogP contribution in [-0.4, -0.2) is 30.9 Å². The molecule has 1 N–H and O–H groups in total. The van der Waals surface area contributed by atoms with Crippen LogP contribution in [0.3, 0.4) is 0 Å². The van der Waals surface area contributed by atoms with E-state index < -0.39 is 5.54 Å². The highest BCUT2D eigenvalue weighted by molar-refractivity contribution is 5.87. The van der Waals surface area contributed by atoms with Crippen LogP contribution in [0.1, 0.15) is 12.5 Å². The fourth-order valence-electron chi connectivity index (χ4n) is 2.06. The Morgan fingerprint density at radius 3 is 2.94 bits per heavy atom. The van der Waals surface area contributed by atoms with Gasteiger partial charge in [-0.05, 0) is 24.6 Å². The Hall–Kier alpha value is -1.42. The summed E-state index contributed by atoms with van der Waals surface area (Å²) in [5, 5.41) is 3.16. The second-order valence-electron chi connectivity index (χ2n) is 4.29. The number of hydrogen-bond acceptors (Lipinski definition) is 2. The number of nitrogens with one attached hydrogen (secondary N) is 1. The van der Waals surface area contributed by atoms with E-state index in [4.69, 9.17) is 0 Å². The maximum atomic E-state index is 13.2. The Bertz CT molecular complexity index is 421. The van der Waals surface area contributed by atoms with E-state index in [-0.39, 0.29) is 11.7 Å². The molecule has 4 heteroatoms. The Kier molecular flexibility index (Phi) is 2.68. The van der Waals surface area contributed by atoms with Gasteiger partial charge >= 0.3 is 0 Å². The van der Waals surface area contributed by atoms with Crippen molar-refractivity contribution in [3.63, 3.8) is 0 Å². The van der Waals surface area contributed by atoms with Gasteiger partial charge in [0.2, 0.25) is 5.91 Å². The normalized spacial score (nSPS) is 25.9. The third-order valence-corrected chi connectivity index (χ3v) is 3.10. The predicted octanol–water partition coefficient (Wildman–Crippen LogP) is 1.10. The van der Waals surface area contributed by atoms with E-state index in [1.165, 1.54) is 12.1 Å². The first-order valence-electron chi connectivity index (χ1n) is 5.31. The Balaban J connectivity index is 2.41. The highest BCUT2D eigenvalue weighted by Crippen LogP contribution is 2.25. The van der Waals surface area contributed by atoms with Crippen molar-refractivity contribution in [1.29, 1.82) is 0 Å². The lowest BCUT2D eigenvalue weighted by Gasteiger charge is -2.39. The maximum Gasteiger partial charge on any atom is 0.246 e. The van der Waals surface area contributed by atoms with E-state index in [1.54, 1.807) is 31.0 Å². The van der Waals surface area contributed by atoms with Gasteiger partial charge in [0.1, 0.15) is 11.4 Å². The number of carbonyl (C=O) groups excluding carboxylic acids is 1. The third-order valence-electron chi connectivity index (χ3n) is 3.10. The summed E-state index contributed by atoms with van der Waals surface area (Å²) >= 11 is 0. The molecule has 1 atom stereocenters. The number of likely N-dealkylation sites (N-methyl/N-ethyl adjacent to an activating group) is 1. The number of amides is 1. The van der Waals surface area contributed by atoms with E-state index in [2.05, 4.69) is 5.32 Å². The molecule has 1 amide bonds. The quantitative estimate of drug-likeness (QED) is 0.771.